The molecule has 0 radical (unpaired) electrons. The van der Waals surface area contributed by atoms with E-state index in [0.717, 1.165) is 17.1 Å². The second-order valence-corrected chi connectivity index (χ2v) is 7.00. The first-order valence-corrected chi connectivity index (χ1v) is 8.72. The van der Waals surface area contributed by atoms with Crippen LogP contribution in [0.25, 0.3) is 0 Å². The molecule has 0 aromatic carbocycles. The number of nitrogens with zero attached hydrogens (tertiary/aromatic N) is 2. The Morgan fingerprint density at radius 3 is 2.79 bits per heavy atom. The number of aromatic nitrogens is 1. The largest absolute Gasteiger partial charge is 0.506 e. The van der Waals surface area contributed by atoms with E-state index < -0.39 is 0 Å². The molecule has 1 aliphatic heterocycles. The zero-order valence-corrected chi connectivity index (χ0v) is 14.7. The molecule has 1 saturated heterocycles. The van der Waals surface area contributed by atoms with Crippen LogP contribution in [-0.2, 0) is 17.9 Å². The lowest BCUT2D eigenvalue weighted by molar-refractivity contribution is -0.128. The first kappa shape index (κ1) is 16.9. The number of thioether (sulfide) groups is 1. The second-order valence-electron chi connectivity index (χ2n) is 5.93. The molecule has 1 unspecified atom stereocenters. The van der Waals surface area contributed by atoms with E-state index in [1.807, 2.05) is 19.9 Å². The summed E-state index contributed by atoms with van der Waals surface area (Å²) >= 11 is 1.50. The number of carbonyl (C=O) groups excluding carboxylic acids is 1. The van der Waals surface area contributed by atoms with Crippen LogP contribution < -0.4 is 0 Å². The number of furan rings is 1. The third-order valence-corrected chi connectivity index (χ3v) is 5.54. The van der Waals surface area contributed by atoms with Crippen molar-refractivity contribution in [1.29, 1.82) is 0 Å². The third-order valence-electron chi connectivity index (χ3n) is 4.33. The number of rotatable bonds is 4. The van der Waals surface area contributed by atoms with Gasteiger partial charge >= 0.3 is 0 Å². The van der Waals surface area contributed by atoms with Gasteiger partial charge in [-0.2, -0.15) is 0 Å². The standard InChI is InChI=1S/C17H20N2O4S/c1-9-4-14(23-11(9)3)17-19(15(21)8-24-17)6-13-12(7-20)5-18-10(2)16(13)22/h4-5,17,20,22H,6-8H2,1-3H3. The van der Waals surface area contributed by atoms with Gasteiger partial charge in [-0.25, -0.2) is 0 Å². The molecule has 2 aromatic heterocycles. The molecule has 24 heavy (non-hydrogen) atoms. The van der Waals surface area contributed by atoms with Crippen LogP contribution in [0.15, 0.2) is 16.7 Å². The third kappa shape index (κ3) is 2.89. The van der Waals surface area contributed by atoms with Crippen molar-refractivity contribution in [2.45, 2.75) is 39.3 Å². The molecule has 0 aliphatic carbocycles. The number of aryl methyl sites for hydroxylation is 3. The van der Waals surface area contributed by atoms with Crippen molar-refractivity contribution in [2.24, 2.45) is 0 Å². The van der Waals surface area contributed by atoms with Gasteiger partial charge < -0.3 is 19.5 Å². The molecular weight excluding hydrogens is 328 g/mol. The summed E-state index contributed by atoms with van der Waals surface area (Å²) in [6, 6.07) is 1.95. The number of pyridine rings is 1. The van der Waals surface area contributed by atoms with Crippen LogP contribution in [0.3, 0.4) is 0 Å². The maximum absolute atomic E-state index is 12.4. The molecule has 0 bridgehead atoms. The molecule has 1 amide bonds. The van der Waals surface area contributed by atoms with Gasteiger partial charge in [0.1, 0.15) is 22.6 Å². The minimum Gasteiger partial charge on any atom is -0.506 e. The maximum Gasteiger partial charge on any atom is 0.234 e. The molecule has 3 heterocycles. The van der Waals surface area contributed by atoms with Gasteiger partial charge in [-0.3, -0.25) is 9.78 Å². The highest BCUT2D eigenvalue weighted by atomic mass is 32.2. The summed E-state index contributed by atoms with van der Waals surface area (Å²) in [6.45, 7) is 5.52. The number of amides is 1. The first-order chi connectivity index (χ1) is 11.4. The SMILES string of the molecule is Cc1cc(C2SCC(=O)N2Cc2c(CO)cnc(C)c2O)oc1C. The Morgan fingerprint density at radius 2 is 2.17 bits per heavy atom. The van der Waals surface area contributed by atoms with Crippen LogP contribution >= 0.6 is 11.8 Å². The van der Waals surface area contributed by atoms with E-state index in [0.29, 0.717) is 22.6 Å². The van der Waals surface area contributed by atoms with Crippen LogP contribution in [-0.4, -0.2) is 31.8 Å². The molecule has 3 rings (SSSR count). The Hall–Kier alpha value is -1.99. The van der Waals surface area contributed by atoms with Gasteiger partial charge in [0.15, 0.2) is 0 Å². The van der Waals surface area contributed by atoms with Crippen molar-refractivity contribution in [3.05, 3.63) is 46.2 Å². The molecule has 2 aromatic rings. The number of aromatic hydroxyl groups is 1. The van der Waals surface area contributed by atoms with Gasteiger partial charge in [-0.05, 0) is 32.4 Å². The summed E-state index contributed by atoms with van der Waals surface area (Å²) in [4.78, 5) is 18.1. The average molecular weight is 348 g/mol. The number of hydrogen-bond acceptors (Lipinski definition) is 6. The fourth-order valence-corrected chi connectivity index (χ4v) is 3.87. The van der Waals surface area contributed by atoms with Crippen molar-refractivity contribution in [1.82, 2.24) is 9.88 Å². The van der Waals surface area contributed by atoms with Crippen LogP contribution in [0.2, 0.25) is 0 Å². The molecule has 1 fully saturated rings. The lowest BCUT2D eigenvalue weighted by atomic mass is 10.1. The van der Waals surface area contributed by atoms with Crippen LogP contribution in [0.5, 0.6) is 5.75 Å². The lowest BCUT2D eigenvalue weighted by Gasteiger charge is -2.24. The van der Waals surface area contributed by atoms with Crippen molar-refractivity contribution >= 4 is 17.7 Å². The van der Waals surface area contributed by atoms with Crippen LogP contribution in [0.4, 0.5) is 0 Å². The van der Waals surface area contributed by atoms with Crippen LogP contribution in [0.1, 0.15) is 39.3 Å². The summed E-state index contributed by atoms with van der Waals surface area (Å²) < 4.78 is 5.79. The zero-order valence-electron chi connectivity index (χ0n) is 13.9. The molecule has 6 nitrogen and oxygen atoms in total. The molecule has 7 heteroatoms. The van der Waals surface area contributed by atoms with Crippen molar-refractivity contribution in [3.63, 3.8) is 0 Å². The summed E-state index contributed by atoms with van der Waals surface area (Å²) in [5.41, 5.74) is 2.57. The summed E-state index contributed by atoms with van der Waals surface area (Å²) in [6.07, 6.45) is 1.54. The number of aliphatic hydroxyl groups excluding tert-OH is 1. The van der Waals surface area contributed by atoms with E-state index in [1.54, 1.807) is 11.8 Å². The van der Waals surface area contributed by atoms with E-state index in [1.165, 1.54) is 18.0 Å². The quantitative estimate of drug-likeness (QED) is 0.883. The zero-order chi connectivity index (χ0) is 17.4. The summed E-state index contributed by atoms with van der Waals surface area (Å²) in [5, 5.41) is 19.6. The van der Waals surface area contributed by atoms with E-state index >= 15 is 0 Å². The second kappa shape index (κ2) is 6.49. The molecule has 0 saturated carbocycles. The van der Waals surface area contributed by atoms with Gasteiger partial charge in [-0.15, -0.1) is 11.8 Å². The number of aliphatic hydroxyl groups is 1. The van der Waals surface area contributed by atoms with Gasteiger partial charge in [-0.1, -0.05) is 0 Å². The van der Waals surface area contributed by atoms with E-state index in [2.05, 4.69) is 4.98 Å². The molecule has 1 atom stereocenters. The number of hydrogen-bond donors (Lipinski definition) is 2. The predicted molar refractivity (Wildman–Crippen MR) is 90.5 cm³/mol. The molecule has 2 N–H and O–H groups in total. The fraction of sp³-hybridized carbons (Fsp3) is 0.412. The molecule has 0 spiro atoms. The summed E-state index contributed by atoms with van der Waals surface area (Å²) in [7, 11) is 0. The monoisotopic (exact) mass is 348 g/mol. The predicted octanol–water partition coefficient (Wildman–Crippen LogP) is 2.57. The van der Waals surface area contributed by atoms with Gasteiger partial charge in [0, 0.05) is 17.3 Å². The highest BCUT2D eigenvalue weighted by Crippen LogP contribution is 2.42. The normalized spacial score (nSPS) is 17.8. The average Bonchev–Trinajstić information content (AvgIpc) is 3.07. The molecule has 128 valence electrons. The Bertz CT molecular complexity index is 768. The Balaban J connectivity index is 1.95. The van der Waals surface area contributed by atoms with E-state index in [4.69, 9.17) is 4.42 Å². The van der Waals surface area contributed by atoms with Gasteiger partial charge in [0.25, 0.3) is 0 Å². The number of carbonyl (C=O) groups is 1. The highest BCUT2D eigenvalue weighted by Gasteiger charge is 2.36. The Labute approximate surface area is 144 Å². The smallest absolute Gasteiger partial charge is 0.234 e. The van der Waals surface area contributed by atoms with Crippen LogP contribution in [0, 0.1) is 20.8 Å². The minimum absolute atomic E-state index is 0.0190. The Morgan fingerprint density at radius 1 is 1.42 bits per heavy atom. The minimum atomic E-state index is -0.241. The summed E-state index contributed by atoms with van der Waals surface area (Å²) in [5.74, 6) is 1.94. The molecular formula is C17H20N2O4S. The van der Waals surface area contributed by atoms with Crippen molar-refractivity contribution < 1.29 is 19.4 Å². The maximum atomic E-state index is 12.4. The van der Waals surface area contributed by atoms with Crippen molar-refractivity contribution in [2.75, 3.05) is 5.75 Å². The first-order valence-electron chi connectivity index (χ1n) is 7.67. The Kier molecular flexibility index (Phi) is 4.56. The molecule has 1 aliphatic rings. The van der Waals surface area contributed by atoms with Gasteiger partial charge in [0.2, 0.25) is 5.91 Å². The van der Waals surface area contributed by atoms with Gasteiger partial charge in [0.05, 0.1) is 24.6 Å². The fourth-order valence-electron chi connectivity index (χ4n) is 2.75. The topological polar surface area (TPSA) is 86.8 Å². The van der Waals surface area contributed by atoms with E-state index in [9.17, 15) is 15.0 Å². The lowest BCUT2D eigenvalue weighted by Crippen LogP contribution is -2.28. The highest BCUT2D eigenvalue weighted by molar-refractivity contribution is 8.00. The van der Waals surface area contributed by atoms with E-state index in [-0.39, 0.29) is 30.2 Å². The van der Waals surface area contributed by atoms with Crippen molar-refractivity contribution in [3.8, 4) is 5.75 Å².